The lowest BCUT2D eigenvalue weighted by molar-refractivity contribution is -0.401. The van der Waals surface area contributed by atoms with Crippen LogP contribution in [-0.2, 0) is 0 Å². The molecule has 0 amide bonds. The van der Waals surface area contributed by atoms with Gasteiger partial charge in [-0.2, -0.15) is 0 Å². The second kappa shape index (κ2) is 6.74. The Morgan fingerprint density at radius 2 is 2.38 bits per heavy atom. The van der Waals surface area contributed by atoms with Crippen LogP contribution >= 0.6 is 0 Å². The molecule has 1 nitrogen and oxygen atoms in total. The van der Waals surface area contributed by atoms with Crippen molar-refractivity contribution in [1.82, 2.24) is 0 Å². The van der Waals surface area contributed by atoms with Gasteiger partial charge in [-0.25, -0.2) is 0 Å². The Kier molecular flexibility index (Phi) is 8.99. The van der Waals surface area contributed by atoms with Crippen LogP contribution in [0.25, 0.3) is 0 Å². The summed E-state index contributed by atoms with van der Waals surface area (Å²) in [7, 11) is 0. The van der Waals surface area contributed by atoms with Crippen molar-refractivity contribution in [3.05, 3.63) is 12.7 Å². The van der Waals surface area contributed by atoms with Crippen LogP contribution in [0.15, 0.2) is 12.7 Å². The molecule has 0 aromatic rings. The van der Waals surface area contributed by atoms with E-state index in [4.69, 9.17) is 6.42 Å². The van der Waals surface area contributed by atoms with Crippen LogP contribution in [0.1, 0.15) is 6.42 Å². The average Bonchev–Trinajstić information content (AvgIpc) is 1.68. The Bertz CT molecular complexity index is 93.2. The molecule has 0 bridgehead atoms. The summed E-state index contributed by atoms with van der Waals surface area (Å²) in [6, 6.07) is 0.227. The van der Waals surface area contributed by atoms with Crippen LogP contribution in [0.4, 0.5) is 0 Å². The summed E-state index contributed by atoms with van der Waals surface area (Å²) < 4.78 is 0. The van der Waals surface area contributed by atoms with Gasteiger partial charge in [-0.1, -0.05) is 6.58 Å². The van der Waals surface area contributed by atoms with Gasteiger partial charge < -0.3 is 22.7 Å². The molecule has 1 atom stereocenters. The van der Waals surface area contributed by atoms with Crippen molar-refractivity contribution in [3.63, 3.8) is 0 Å². The van der Waals surface area contributed by atoms with E-state index >= 15 is 0 Å². The summed E-state index contributed by atoms with van der Waals surface area (Å²) in [6.07, 6.45) is 7.42. The van der Waals surface area contributed by atoms with Gasteiger partial charge in [0.05, 0.1) is 6.42 Å². The van der Waals surface area contributed by atoms with Crippen LogP contribution in [0.5, 0.6) is 0 Å². The second-order valence-corrected chi connectivity index (χ2v) is 1.40. The molecular weight excluding hydrogens is 166 g/mol. The summed E-state index contributed by atoms with van der Waals surface area (Å²) in [5, 5.41) is 0. The van der Waals surface area contributed by atoms with Crippen molar-refractivity contribution in [2.45, 2.75) is 12.5 Å². The maximum atomic E-state index is 4.97. The minimum absolute atomic E-state index is 0. The standard InChI is InChI=1S/C6H9N.BrH/c1-3-5-6(7)4-2;/h1,4,6H,2,5,7H2;1H. The molecule has 46 valence electrons. The molecule has 1 unspecified atom stereocenters. The monoisotopic (exact) mass is 175 g/mol. The number of rotatable bonds is 2. The van der Waals surface area contributed by atoms with E-state index < -0.39 is 0 Å². The van der Waals surface area contributed by atoms with Gasteiger partial charge in [-0.15, -0.1) is 12.3 Å². The quantitative estimate of drug-likeness (QED) is 0.339. The van der Waals surface area contributed by atoms with E-state index in [2.05, 4.69) is 18.2 Å². The summed E-state index contributed by atoms with van der Waals surface area (Å²) in [4.78, 5) is 0. The molecule has 0 aliphatic rings. The molecule has 2 heteroatoms. The van der Waals surface area contributed by atoms with E-state index in [1.165, 1.54) is 0 Å². The Morgan fingerprint density at radius 1 is 1.88 bits per heavy atom. The van der Waals surface area contributed by atoms with Gasteiger partial charge in [0.1, 0.15) is 6.04 Å². The zero-order valence-corrected chi connectivity index (χ0v) is 6.32. The summed E-state index contributed by atoms with van der Waals surface area (Å²) in [6.45, 7) is 3.52. The fraction of sp³-hybridized carbons (Fsp3) is 0.333. The van der Waals surface area contributed by atoms with E-state index in [9.17, 15) is 0 Å². The minimum Gasteiger partial charge on any atom is -1.00 e. The van der Waals surface area contributed by atoms with Crippen LogP contribution < -0.4 is 22.7 Å². The van der Waals surface area contributed by atoms with Crippen LogP contribution in [-0.4, -0.2) is 6.04 Å². The molecule has 0 saturated carbocycles. The molecule has 0 radical (unpaired) electrons. The van der Waals surface area contributed by atoms with Gasteiger partial charge in [-0.05, 0) is 6.08 Å². The molecule has 0 aliphatic heterocycles. The third kappa shape index (κ3) is 5.74. The highest BCUT2D eigenvalue weighted by Gasteiger charge is 1.91. The van der Waals surface area contributed by atoms with Crippen molar-refractivity contribution >= 4 is 0 Å². The first-order valence-corrected chi connectivity index (χ1v) is 2.20. The molecule has 3 N–H and O–H groups in total. The van der Waals surface area contributed by atoms with E-state index in [1.807, 2.05) is 0 Å². The maximum absolute atomic E-state index is 4.97. The largest absolute Gasteiger partial charge is 1.00 e. The summed E-state index contributed by atoms with van der Waals surface area (Å²) in [5.41, 5.74) is 3.69. The number of hydrogen-bond donors (Lipinski definition) is 1. The number of quaternary nitrogens is 1. The molecule has 0 rings (SSSR count). The molecule has 0 saturated heterocycles. The maximum Gasteiger partial charge on any atom is 0.114 e. The normalized spacial score (nSPS) is 10.5. The highest BCUT2D eigenvalue weighted by molar-refractivity contribution is 4.92. The highest BCUT2D eigenvalue weighted by atomic mass is 79.9. The molecule has 0 heterocycles. The Labute approximate surface area is 60.7 Å². The molecule has 0 fully saturated rings. The van der Waals surface area contributed by atoms with E-state index in [0.29, 0.717) is 6.42 Å². The van der Waals surface area contributed by atoms with Gasteiger partial charge in [0.2, 0.25) is 0 Å². The lowest BCUT2D eigenvalue weighted by Gasteiger charge is -1.90. The van der Waals surface area contributed by atoms with Gasteiger partial charge in [0.25, 0.3) is 0 Å². The topological polar surface area (TPSA) is 27.6 Å². The van der Waals surface area contributed by atoms with E-state index in [-0.39, 0.29) is 23.0 Å². The predicted molar refractivity (Wildman–Crippen MR) is 30.3 cm³/mol. The van der Waals surface area contributed by atoms with Gasteiger partial charge in [-0.3, -0.25) is 0 Å². The van der Waals surface area contributed by atoms with E-state index in [0.717, 1.165) is 0 Å². The summed E-state index contributed by atoms with van der Waals surface area (Å²) in [5.74, 6) is 2.48. The first-order chi connectivity index (χ1) is 3.31. The average molecular weight is 176 g/mol. The van der Waals surface area contributed by atoms with E-state index in [1.54, 1.807) is 6.08 Å². The third-order valence-electron chi connectivity index (χ3n) is 0.713. The lowest BCUT2D eigenvalue weighted by atomic mass is 10.2. The van der Waals surface area contributed by atoms with Crippen molar-refractivity contribution < 1.29 is 22.7 Å². The first-order valence-electron chi connectivity index (χ1n) is 2.20. The van der Waals surface area contributed by atoms with Crippen molar-refractivity contribution in [1.29, 1.82) is 0 Å². The van der Waals surface area contributed by atoms with Gasteiger partial charge >= 0.3 is 0 Å². The smallest absolute Gasteiger partial charge is 0.114 e. The Morgan fingerprint density at radius 3 is 2.50 bits per heavy atom. The zero-order chi connectivity index (χ0) is 5.70. The number of halogens is 1. The molecule has 8 heavy (non-hydrogen) atoms. The SMILES string of the molecule is C#CCC([NH3+])C=C.[Br-]. The molecule has 0 aliphatic carbocycles. The van der Waals surface area contributed by atoms with Crippen molar-refractivity contribution in [2.75, 3.05) is 0 Å². The Hall–Kier alpha value is -0.260. The second-order valence-electron chi connectivity index (χ2n) is 1.40. The fourth-order valence-corrected chi connectivity index (χ4v) is 0.235. The number of terminal acetylenes is 1. The van der Waals surface area contributed by atoms with Crippen LogP contribution in [0.2, 0.25) is 0 Å². The fourth-order valence-electron chi connectivity index (χ4n) is 0.235. The zero-order valence-electron chi connectivity index (χ0n) is 4.73. The van der Waals surface area contributed by atoms with Gasteiger partial charge in [0, 0.05) is 0 Å². The summed E-state index contributed by atoms with van der Waals surface area (Å²) >= 11 is 0. The lowest BCUT2D eigenvalue weighted by Crippen LogP contribution is -3.00. The van der Waals surface area contributed by atoms with Crippen molar-refractivity contribution in [3.8, 4) is 12.3 Å². The third-order valence-corrected chi connectivity index (χ3v) is 0.713. The van der Waals surface area contributed by atoms with Crippen LogP contribution in [0, 0.1) is 12.3 Å². The van der Waals surface area contributed by atoms with Crippen molar-refractivity contribution in [2.24, 2.45) is 0 Å². The molecule has 0 aromatic carbocycles. The first kappa shape index (κ1) is 10.7. The Balaban J connectivity index is 0. The predicted octanol–water partition coefficient (Wildman–Crippen LogP) is -3.19. The highest BCUT2D eigenvalue weighted by Crippen LogP contribution is 1.79. The minimum atomic E-state index is 0. The molecule has 0 spiro atoms. The van der Waals surface area contributed by atoms with Gasteiger partial charge in [0.15, 0.2) is 0 Å². The molecular formula is C6H10BrN. The van der Waals surface area contributed by atoms with Crippen LogP contribution in [0.3, 0.4) is 0 Å². The number of hydrogen-bond acceptors (Lipinski definition) is 0. The molecule has 0 aromatic heterocycles.